The van der Waals surface area contributed by atoms with E-state index in [1.54, 1.807) is 0 Å². The Morgan fingerprint density at radius 2 is 1.88 bits per heavy atom. The van der Waals surface area contributed by atoms with Crippen molar-refractivity contribution in [1.82, 2.24) is 10.2 Å². The van der Waals surface area contributed by atoms with E-state index in [-0.39, 0.29) is 6.04 Å². The number of nitrogens with one attached hydrogen (secondary N) is 1. The molecule has 2 aliphatic rings. The van der Waals surface area contributed by atoms with Gasteiger partial charge in [0, 0.05) is 25.7 Å². The van der Waals surface area contributed by atoms with E-state index < -0.39 is 9.84 Å². The van der Waals surface area contributed by atoms with Crippen molar-refractivity contribution in [3.05, 3.63) is 0 Å². The zero-order chi connectivity index (χ0) is 12.5. The van der Waals surface area contributed by atoms with Crippen LogP contribution < -0.4 is 5.32 Å². The van der Waals surface area contributed by atoms with Crippen molar-refractivity contribution in [2.24, 2.45) is 11.8 Å². The van der Waals surface area contributed by atoms with Gasteiger partial charge < -0.3 is 10.2 Å². The highest BCUT2D eigenvalue weighted by atomic mass is 32.2. The van der Waals surface area contributed by atoms with Gasteiger partial charge in [-0.05, 0) is 24.8 Å². The summed E-state index contributed by atoms with van der Waals surface area (Å²) in [7, 11) is -2.78. The van der Waals surface area contributed by atoms with Gasteiger partial charge in [0.1, 0.15) is 0 Å². The van der Waals surface area contributed by atoms with Crippen LogP contribution in [0.25, 0.3) is 0 Å². The van der Waals surface area contributed by atoms with Crippen molar-refractivity contribution in [2.75, 3.05) is 37.7 Å². The molecule has 2 heterocycles. The van der Waals surface area contributed by atoms with Crippen LogP contribution in [-0.4, -0.2) is 57.0 Å². The van der Waals surface area contributed by atoms with Gasteiger partial charge in [-0.3, -0.25) is 0 Å². The minimum absolute atomic E-state index is 0.167. The summed E-state index contributed by atoms with van der Waals surface area (Å²) in [4.78, 5) is 2.47. The van der Waals surface area contributed by atoms with Crippen molar-refractivity contribution in [1.29, 1.82) is 0 Å². The molecule has 2 fully saturated rings. The molecular weight excluding hydrogens is 236 g/mol. The summed E-state index contributed by atoms with van der Waals surface area (Å²) in [6, 6.07) is 0.167. The van der Waals surface area contributed by atoms with Crippen molar-refractivity contribution in [3.8, 4) is 0 Å². The number of hydrogen-bond donors (Lipinski definition) is 1. The van der Waals surface area contributed by atoms with Crippen LogP contribution in [0.5, 0.6) is 0 Å². The molecular formula is C12H24N2O2S. The lowest BCUT2D eigenvalue weighted by Crippen LogP contribution is -2.46. The van der Waals surface area contributed by atoms with Crippen LogP contribution in [0, 0.1) is 11.8 Å². The summed E-state index contributed by atoms with van der Waals surface area (Å²) in [5, 5.41) is 3.32. The maximum absolute atomic E-state index is 11.5. The van der Waals surface area contributed by atoms with Crippen molar-refractivity contribution in [3.63, 3.8) is 0 Å². The quantitative estimate of drug-likeness (QED) is 0.795. The lowest BCUT2D eigenvalue weighted by Gasteiger charge is -2.25. The van der Waals surface area contributed by atoms with Crippen LogP contribution in [0.1, 0.15) is 20.3 Å². The fourth-order valence-corrected chi connectivity index (χ4v) is 4.32. The first-order valence-electron chi connectivity index (χ1n) is 6.62. The summed E-state index contributed by atoms with van der Waals surface area (Å²) in [5.41, 5.74) is 0. The first kappa shape index (κ1) is 13.3. The minimum Gasteiger partial charge on any atom is -0.312 e. The largest absolute Gasteiger partial charge is 0.312 e. The second-order valence-corrected chi connectivity index (χ2v) is 8.00. The van der Waals surface area contributed by atoms with Crippen molar-refractivity contribution < 1.29 is 8.42 Å². The lowest BCUT2D eigenvalue weighted by molar-refractivity contribution is 0.301. The predicted octanol–water partition coefficient (Wildman–Crippen LogP) is 0.351. The predicted molar refractivity (Wildman–Crippen MR) is 69.8 cm³/mol. The maximum Gasteiger partial charge on any atom is 0.153 e. The van der Waals surface area contributed by atoms with E-state index in [9.17, 15) is 8.42 Å². The Kier molecular flexibility index (Phi) is 4.10. The van der Waals surface area contributed by atoms with Crippen molar-refractivity contribution in [2.45, 2.75) is 26.3 Å². The van der Waals surface area contributed by atoms with E-state index in [1.165, 1.54) is 13.1 Å². The smallest absolute Gasteiger partial charge is 0.153 e. The first-order chi connectivity index (χ1) is 7.96. The van der Waals surface area contributed by atoms with Gasteiger partial charge in [-0.1, -0.05) is 13.8 Å². The van der Waals surface area contributed by atoms with Crippen LogP contribution in [0.3, 0.4) is 0 Å². The molecule has 0 amide bonds. The van der Waals surface area contributed by atoms with Gasteiger partial charge in [0.25, 0.3) is 0 Å². The molecule has 0 aromatic carbocycles. The highest BCUT2D eigenvalue weighted by molar-refractivity contribution is 7.91. The number of sulfone groups is 1. The number of likely N-dealkylation sites (tertiary alicyclic amines) is 1. The normalized spacial score (nSPS) is 38.4. The first-order valence-corrected chi connectivity index (χ1v) is 8.44. The SMILES string of the molecule is CC1CN(CCC2CS(=O)(=O)CCN2)CC1C. The van der Waals surface area contributed by atoms with E-state index >= 15 is 0 Å². The molecule has 0 bridgehead atoms. The topological polar surface area (TPSA) is 49.4 Å². The van der Waals surface area contributed by atoms with Crippen molar-refractivity contribution >= 4 is 9.84 Å². The van der Waals surface area contributed by atoms with Crippen LogP contribution in [0.15, 0.2) is 0 Å². The molecule has 0 aliphatic carbocycles. The summed E-state index contributed by atoms with van der Waals surface area (Å²) in [6.07, 6.45) is 0.957. The Morgan fingerprint density at radius 3 is 2.47 bits per heavy atom. The molecule has 0 radical (unpaired) electrons. The Balaban J connectivity index is 1.75. The molecule has 3 atom stereocenters. The minimum atomic E-state index is -2.78. The van der Waals surface area contributed by atoms with Crippen LogP contribution >= 0.6 is 0 Å². The van der Waals surface area contributed by atoms with E-state index in [1.807, 2.05) is 0 Å². The molecule has 3 unspecified atom stereocenters. The lowest BCUT2D eigenvalue weighted by atomic mass is 10.0. The molecule has 4 nitrogen and oxygen atoms in total. The highest BCUT2D eigenvalue weighted by Crippen LogP contribution is 2.22. The zero-order valence-corrected chi connectivity index (χ0v) is 11.7. The number of nitrogens with zero attached hydrogens (tertiary/aromatic N) is 1. The summed E-state index contributed by atoms with van der Waals surface area (Å²) >= 11 is 0. The fraction of sp³-hybridized carbons (Fsp3) is 1.00. The average Bonchev–Trinajstić information content (AvgIpc) is 2.54. The van der Waals surface area contributed by atoms with Gasteiger partial charge in [0.2, 0.25) is 0 Å². The van der Waals surface area contributed by atoms with Gasteiger partial charge in [-0.2, -0.15) is 0 Å². The Labute approximate surface area is 105 Å². The summed E-state index contributed by atoms with van der Waals surface area (Å²) in [5.74, 6) is 2.18. The molecule has 0 aromatic rings. The molecule has 2 rings (SSSR count). The molecule has 2 aliphatic heterocycles. The van der Waals surface area contributed by atoms with Crippen LogP contribution in [0.4, 0.5) is 0 Å². The molecule has 0 saturated carbocycles. The monoisotopic (exact) mass is 260 g/mol. The molecule has 2 saturated heterocycles. The van der Waals surface area contributed by atoms with E-state index in [0.717, 1.165) is 24.8 Å². The molecule has 5 heteroatoms. The summed E-state index contributed by atoms with van der Waals surface area (Å²) < 4.78 is 23.0. The molecule has 100 valence electrons. The zero-order valence-electron chi connectivity index (χ0n) is 10.9. The second-order valence-electron chi connectivity index (χ2n) is 5.77. The Morgan fingerprint density at radius 1 is 1.24 bits per heavy atom. The van der Waals surface area contributed by atoms with Gasteiger partial charge in [0.15, 0.2) is 9.84 Å². The van der Waals surface area contributed by atoms with Gasteiger partial charge in [-0.15, -0.1) is 0 Å². The third-order valence-corrected chi connectivity index (χ3v) is 5.90. The average molecular weight is 260 g/mol. The van der Waals surface area contributed by atoms with E-state index in [4.69, 9.17) is 0 Å². The maximum atomic E-state index is 11.5. The van der Waals surface area contributed by atoms with E-state index in [0.29, 0.717) is 18.1 Å². The number of hydrogen-bond acceptors (Lipinski definition) is 4. The fourth-order valence-electron chi connectivity index (χ4n) is 2.82. The second kappa shape index (κ2) is 5.24. The van der Waals surface area contributed by atoms with Gasteiger partial charge in [-0.25, -0.2) is 8.42 Å². The van der Waals surface area contributed by atoms with Crippen LogP contribution in [-0.2, 0) is 9.84 Å². The van der Waals surface area contributed by atoms with E-state index in [2.05, 4.69) is 24.1 Å². The molecule has 17 heavy (non-hydrogen) atoms. The molecule has 0 spiro atoms. The van der Waals surface area contributed by atoms with Gasteiger partial charge in [0.05, 0.1) is 11.5 Å². The standard InChI is InChI=1S/C12H24N2O2S/c1-10-7-14(8-11(10)2)5-3-12-9-17(15,16)6-4-13-12/h10-13H,3-9H2,1-2H3. The number of rotatable bonds is 3. The van der Waals surface area contributed by atoms with Crippen LogP contribution in [0.2, 0.25) is 0 Å². The van der Waals surface area contributed by atoms with Gasteiger partial charge >= 0.3 is 0 Å². The molecule has 0 aromatic heterocycles. The highest BCUT2D eigenvalue weighted by Gasteiger charge is 2.28. The molecule has 1 N–H and O–H groups in total. The third kappa shape index (κ3) is 3.66. The Hall–Kier alpha value is -0.130. The summed E-state index contributed by atoms with van der Waals surface area (Å²) in [6.45, 7) is 8.59. The third-order valence-electron chi connectivity index (χ3n) is 4.16. The Bertz CT molecular complexity index is 346.